The first-order chi connectivity index (χ1) is 8.50. The number of nitrogens with two attached hydrogens (primary N) is 1. The van der Waals surface area contributed by atoms with Gasteiger partial charge in [-0.15, -0.1) is 0 Å². The highest BCUT2D eigenvalue weighted by molar-refractivity contribution is 7.91. The number of carbonyl (C=O) groups is 1. The third-order valence-corrected chi connectivity index (χ3v) is 5.41. The highest BCUT2D eigenvalue weighted by Crippen LogP contribution is 2.20. The molecule has 2 unspecified atom stereocenters. The summed E-state index contributed by atoms with van der Waals surface area (Å²) in [7, 11) is -2.91. The quantitative estimate of drug-likeness (QED) is 0.714. The summed E-state index contributed by atoms with van der Waals surface area (Å²) >= 11 is 0. The van der Waals surface area contributed by atoms with Crippen molar-refractivity contribution in [1.82, 2.24) is 4.90 Å². The number of hydrogen-bond acceptors (Lipinski definition) is 5. The summed E-state index contributed by atoms with van der Waals surface area (Å²) in [6, 6.07) is 0. The third-order valence-electron chi connectivity index (χ3n) is 3.52. The molecule has 6 nitrogen and oxygen atoms in total. The highest BCUT2D eigenvalue weighted by Gasteiger charge is 2.31. The van der Waals surface area contributed by atoms with E-state index in [2.05, 4.69) is 0 Å². The lowest BCUT2D eigenvalue weighted by atomic mass is 10.0. The zero-order valence-electron chi connectivity index (χ0n) is 10.4. The Morgan fingerprint density at radius 1 is 1.44 bits per heavy atom. The minimum atomic E-state index is -2.91. The van der Waals surface area contributed by atoms with Crippen molar-refractivity contribution in [2.24, 2.45) is 11.7 Å². The maximum Gasteiger partial charge on any atom is 0.248 e. The second-order valence-corrected chi connectivity index (χ2v) is 7.32. The Hall–Kier alpha value is -0.660. The summed E-state index contributed by atoms with van der Waals surface area (Å²) in [5.41, 5.74) is 5.53. The van der Waals surface area contributed by atoms with E-state index in [1.54, 1.807) is 4.90 Å². The van der Waals surface area contributed by atoms with E-state index in [0.717, 1.165) is 6.42 Å². The zero-order chi connectivity index (χ0) is 13.2. The average molecular weight is 276 g/mol. The molecule has 2 heterocycles. The van der Waals surface area contributed by atoms with Gasteiger partial charge in [0.05, 0.1) is 17.6 Å². The Bertz CT molecular complexity index is 409. The lowest BCUT2D eigenvalue weighted by molar-refractivity contribution is -0.149. The summed E-state index contributed by atoms with van der Waals surface area (Å²) < 4.78 is 28.4. The van der Waals surface area contributed by atoms with Gasteiger partial charge in [-0.3, -0.25) is 4.79 Å². The number of ether oxygens (including phenoxy) is 1. The standard InChI is InChI=1S/C11H20N2O4S/c12-4-10-6-13(11(14)7-17-10)5-9-2-1-3-18(15,16)8-9/h9-10H,1-8,12H2. The topological polar surface area (TPSA) is 89.7 Å². The van der Waals surface area contributed by atoms with Crippen LogP contribution in [0, 0.1) is 5.92 Å². The van der Waals surface area contributed by atoms with E-state index in [9.17, 15) is 13.2 Å². The predicted molar refractivity (Wildman–Crippen MR) is 66.8 cm³/mol. The van der Waals surface area contributed by atoms with Crippen molar-refractivity contribution in [2.75, 3.05) is 37.7 Å². The molecule has 0 radical (unpaired) electrons. The molecule has 2 fully saturated rings. The molecule has 0 aromatic heterocycles. The average Bonchev–Trinajstić information content (AvgIpc) is 2.31. The van der Waals surface area contributed by atoms with Crippen LogP contribution in [-0.2, 0) is 19.4 Å². The summed E-state index contributed by atoms with van der Waals surface area (Å²) in [4.78, 5) is 13.4. The molecule has 2 aliphatic rings. The van der Waals surface area contributed by atoms with E-state index in [1.807, 2.05) is 0 Å². The van der Waals surface area contributed by atoms with E-state index in [1.165, 1.54) is 0 Å². The Balaban J connectivity index is 1.93. The molecule has 2 rings (SSSR count). The first kappa shape index (κ1) is 13.8. The van der Waals surface area contributed by atoms with Gasteiger partial charge >= 0.3 is 0 Å². The number of amides is 1. The number of sulfone groups is 1. The Morgan fingerprint density at radius 2 is 2.22 bits per heavy atom. The first-order valence-corrected chi connectivity index (χ1v) is 8.12. The van der Waals surface area contributed by atoms with Gasteiger partial charge in [-0.25, -0.2) is 8.42 Å². The van der Waals surface area contributed by atoms with Crippen LogP contribution in [0.5, 0.6) is 0 Å². The summed E-state index contributed by atoms with van der Waals surface area (Å²) in [6.45, 7) is 1.43. The van der Waals surface area contributed by atoms with Gasteiger partial charge in [-0.05, 0) is 18.8 Å². The molecule has 2 atom stereocenters. The molecule has 1 amide bonds. The highest BCUT2D eigenvalue weighted by atomic mass is 32.2. The van der Waals surface area contributed by atoms with Crippen LogP contribution in [0.2, 0.25) is 0 Å². The van der Waals surface area contributed by atoms with E-state index < -0.39 is 9.84 Å². The van der Waals surface area contributed by atoms with Crippen molar-refractivity contribution in [3.8, 4) is 0 Å². The fourth-order valence-corrected chi connectivity index (χ4v) is 4.34. The van der Waals surface area contributed by atoms with Crippen LogP contribution >= 0.6 is 0 Å². The van der Waals surface area contributed by atoms with Crippen molar-refractivity contribution < 1.29 is 17.9 Å². The van der Waals surface area contributed by atoms with Crippen LogP contribution < -0.4 is 5.73 Å². The molecular formula is C11H20N2O4S. The first-order valence-electron chi connectivity index (χ1n) is 6.30. The van der Waals surface area contributed by atoms with E-state index in [-0.39, 0.29) is 36.0 Å². The fraction of sp³-hybridized carbons (Fsp3) is 0.909. The van der Waals surface area contributed by atoms with E-state index >= 15 is 0 Å². The minimum absolute atomic E-state index is 0.0569. The lowest BCUT2D eigenvalue weighted by Gasteiger charge is -2.35. The minimum Gasteiger partial charge on any atom is -0.365 e. The number of nitrogens with zero attached hydrogens (tertiary/aromatic N) is 1. The van der Waals surface area contributed by atoms with Gasteiger partial charge in [0.2, 0.25) is 5.91 Å². The van der Waals surface area contributed by atoms with Gasteiger partial charge in [0, 0.05) is 19.6 Å². The molecule has 2 N–H and O–H groups in total. The van der Waals surface area contributed by atoms with Crippen LogP contribution in [-0.4, -0.2) is 63.1 Å². The largest absolute Gasteiger partial charge is 0.365 e. The predicted octanol–water partition coefficient (Wildman–Crippen LogP) is -1.00. The van der Waals surface area contributed by atoms with Crippen LogP contribution in [0.1, 0.15) is 12.8 Å². The SMILES string of the molecule is NCC1CN(CC2CCCS(=O)(=O)C2)C(=O)CO1. The maximum absolute atomic E-state index is 11.7. The molecule has 7 heteroatoms. The molecule has 0 bridgehead atoms. The molecule has 0 aromatic carbocycles. The van der Waals surface area contributed by atoms with E-state index in [0.29, 0.717) is 26.1 Å². The van der Waals surface area contributed by atoms with Crippen molar-refractivity contribution in [2.45, 2.75) is 18.9 Å². The molecule has 2 aliphatic heterocycles. The Labute approximate surface area is 107 Å². The summed E-state index contributed by atoms with van der Waals surface area (Å²) in [5, 5.41) is 0. The number of rotatable bonds is 3. The molecule has 0 saturated carbocycles. The van der Waals surface area contributed by atoms with Gasteiger partial charge < -0.3 is 15.4 Å². The van der Waals surface area contributed by atoms with Crippen LogP contribution in [0.3, 0.4) is 0 Å². The monoisotopic (exact) mass is 276 g/mol. The second-order valence-electron chi connectivity index (χ2n) is 5.09. The van der Waals surface area contributed by atoms with Gasteiger partial charge in [0.1, 0.15) is 6.61 Å². The molecular weight excluding hydrogens is 256 g/mol. The van der Waals surface area contributed by atoms with Crippen molar-refractivity contribution in [3.63, 3.8) is 0 Å². The molecule has 104 valence electrons. The van der Waals surface area contributed by atoms with Gasteiger partial charge in [0.25, 0.3) is 0 Å². The van der Waals surface area contributed by atoms with E-state index in [4.69, 9.17) is 10.5 Å². The fourth-order valence-electron chi connectivity index (χ4n) is 2.57. The van der Waals surface area contributed by atoms with Crippen LogP contribution in [0.4, 0.5) is 0 Å². The maximum atomic E-state index is 11.7. The van der Waals surface area contributed by atoms with Crippen molar-refractivity contribution in [3.05, 3.63) is 0 Å². The number of hydrogen-bond donors (Lipinski definition) is 1. The smallest absolute Gasteiger partial charge is 0.248 e. The normalized spacial score (nSPS) is 32.5. The van der Waals surface area contributed by atoms with Crippen LogP contribution in [0.25, 0.3) is 0 Å². The molecule has 0 aromatic rings. The number of morpholine rings is 1. The van der Waals surface area contributed by atoms with Crippen molar-refractivity contribution >= 4 is 15.7 Å². The van der Waals surface area contributed by atoms with Crippen LogP contribution in [0.15, 0.2) is 0 Å². The van der Waals surface area contributed by atoms with Gasteiger partial charge in [0.15, 0.2) is 9.84 Å². The van der Waals surface area contributed by atoms with Gasteiger partial charge in [-0.1, -0.05) is 0 Å². The lowest BCUT2D eigenvalue weighted by Crippen LogP contribution is -2.51. The molecule has 18 heavy (non-hydrogen) atoms. The summed E-state index contributed by atoms with van der Waals surface area (Å²) in [5.74, 6) is 0.476. The zero-order valence-corrected chi connectivity index (χ0v) is 11.2. The molecule has 0 aliphatic carbocycles. The Morgan fingerprint density at radius 3 is 2.89 bits per heavy atom. The Kier molecular flexibility index (Phi) is 4.24. The second kappa shape index (κ2) is 5.54. The third kappa shape index (κ3) is 3.43. The number of carbonyl (C=O) groups excluding carboxylic acids is 1. The van der Waals surface area contributed by atoms with Crippen molar-refractivity contribution in [1.29, 1.82) is 0 Å². The summed E-state index contributed by atoms with van der Waals surface area (Å²) in [6.07, 6.45) is 1.45. The molecule has 0 spiro atoms. The molecule has 2 saturated heterocycles. The van der Waals surface area contributed by atoms with Gasteiger partial charge in [-0.2, -0.15) is 0 Å².